The Morgan fingerprint density at radius 1 is 1.38 bits per heavy atom. The molecule has 21 heavy (non-hydrogen) atoms. The zero-order valence-corrected chi connectivity index (χ0v) is 12.3. The van der Waals surface area contributed by atoms with Crippen molar-refractivity contribution in [3.63, 3.8) is 0 Å². The van der Waals surface area contributed by atoms with Crippen molar-refractivity contribution in [3.8, 4) is 0 Å². The van der Waals surface area contributed by atoms with E-state index in [0.29, 0.717) is 16.8 Å². The topological polar surface area (TPSA) is 54.3 Å². The molecule has 1 unspecified atom stereocenters. The first-order valence-corrected chi connectivity index (χ1v) is 7.41. The number of carbonyl (C=O) groups is 1. The number of nitrogens with zero attached hydrogens (tertiary/aromatic N) is 1. The maximum absolute atomic E-state index is 12.5. The van der Waals surface area contributed by atoms with Crippen LogP contribution in [0.15, 0.2) is 42.6 Å². The summed E-state index contributed by atoms with van der Waals surface area (Å²) in [5.74, 6) is -0.211. The van der Waals surface area contributed by atoms with Gasteiger partial charge in [-0.05, 0) is 24.5 Å². The van der Waals surface area contributed by atoms with Crippen LogP contribution in [0.3, 0.4) is 0 Å². The third-order valence-electron chi connectivity index (χ3n) is 3.68. The van der Waals surface area contributed by atoms with Crippen LogP contribution in [0.5, 0.6) is 0 Å². The lowest BCUT2D eigenvalue weighted by molar-refractivity contribution is 0.0906. The van der Waals surface area contributed by atoms with Crippen LogP contribution >= 0.6 is 11.6 Å². The zero-order valence-electron chi connectivity index (χ0n) is 11.5. The summed E-state index contributed by atoms with van der Waals surface area (Å²) >= 11 is 6.02. The summed E-state index contributed by atoms with van der Waals surface area (Å²) in [5, 5.41) is 13.0. The fourth-order valence-electron chi connectivity index (χ4n) is 2.43. The van der Waals surface area contributed by atoms with Gasteiger partial charge in [-0.25, -0.2) is 0 Å². The Balaban J connectivity index is 1.79. The Morgan fingerprint density at radius 2 is 2.10 bits per heavy atom. The molecular formula is C16H17ClN2O2. The fourth-order valence-corrected chi connectivity index (χ4v) is 2.64. The standard InChI is InChI=1S/C16H17ClN2O2/c17-12-8-15(19(9-12)13-6-7-13)16(21)18-14(10-20)11-4-2-1-3-5-11/h1-5,8-9,13-14,20H,6-7,10H2,(H,18,21). The molecule has 0 radical (unpaired) electrons. The van der Waals surface area contributed by atoms with Gasteiger partial charge >= 0.3 is 0 Å². The maximum atomic E-state index is 12.5. The molecule has 1 saturated carbocycles. The lowest BCUT2D eigenvalue weighted by Crippen LogP contribution is -2.32. The minimum absolute atomic E-state index is 0.145. The van der Waals surface area contributed by atoms with Crippen molar-refractivity contribution in [2.24, 2.45) is 0 Å². The molecule has 1 aromatic carbocycles. The van der Waals surface area contributed by atoms with Crippen molar-refractivity contribution in [2.75, 3.05) is 6.61 Å². The molecule has 1 amide bonds. The van der Waals surface area contributed by atoms with Gasteiger partial charge in [0.15, 0.2) is 0 Å². The largest absolute Gasteiger partial charge is 0.394 e. The highest BCUT2D eigenvalue weighted by Gasteiger charge is 2.28. The first kappa shape index (κ1) is 14.2. The van der Waals surface area contributed by atoms with E-state index in [0.717, 1.165) is 18.4 Å². The van der Waals surface area contributed by atoms with Crippen molar-refractivity contribution in [1.82, 2.24) is 9.88 Å². The van der Waals surface area contributed by atoms with Gasteiger partial charge < -0.3 is 15.0 Å². The Bertz CT molecular complexity index is 635. The number of carbonyl (C=O) groups excluding carboxylic acids is 1. The van der Waals surface area contributed by atoms with Crippen LogP contribution in [-0.4, -0.2) is 22.2 Å². The van der Waals surface area contributed by atoms with Crippen molar-refractivity contribution in [3.05, 3.63) is 58.9 Å². The second-order valence-corrected chi connectivity index (χ2v) is 5.74. The molecule has 1 aliphatic rings. The van der Waals surface area contributed by atoms with Gasteiger partial charge in [-0.2, -0.15) is 0 Å². The van der Waals surface area contributed by atoms with E-state index >= 15 is 0 Å². The van der Waals surface area contributed by atoms with Gasteiger partial charge in [-0.15, -0.1) is 0 Å². The van der Waals surface area contributed by atoms with Crippen LogP contribution in [-0.2, 0) is 0 Å². The Labute approximate surface area is 128 Å². The third-order valence-corrected chi connectivity index (χ3v) is 3.88. The number of hydrogen-bond acceptors (Lipinski definition) is 2. The quantitative estimate of drug-likeness (QED) is 0.892. The summed E-state index contributed by atoms with van der Waals surface area (Å²) in [6.45, 7) is -0.145. The maximum Gasteiger partial charge on any atom is 0.268 e. The monoisotopic (exact) mass is 304 g/mol. The molecule has 5 heteroatoms. The Morgan fingerprint density at radius 3 is 2.71 bits per heavy atom. The van der Waals surface area contributed by atoms with E-state index in [9.17, 15) is 9.90 Å². The highest BCUT2D eigenvalue weighted by Crippen LogP contribution is 2.37. The summed E-state index contributed by atoms with van der Waals surface area (Å²) in [5.41, 5.74) is 1.43. The average Bonchev–Trinajstić information content (AvgIpc) is 3.28. The molecule has 2 aromatic rings. The molecule has 4 nitrogen and oxygen atoms in total. The van der Waals surface area contributed by atoms with Gasteiger partial charge in [0.05, 0.1) is 17.7 Å². The van der Waals surface area contributed by atoms with Gasteiger partial charge in [0.25, 0.3) is 5.91 Å². The predicted molar refractivity (Wildman–Crippen MR) is 81.4 cm³/mol. The third kappa shape index (κ3) is 3.12. The summed E-state index contributed by atoms with van der Waals surface area (Å²) in [4.78, 5) is 12.5. The highest BCUT2D eigenvalue weighted by molar-refractivity contribution is 6.31. The smallest absolute Gasteiger partial charge is 0.268 e. The van der Waals surface area contributed by atoms with Gasteiger partial charge in [0, 0.05) is 12.2 Å². The molecule has 110 valence electrons. The Hall–Kier alpha value is -1.78. The number of aliphatic hydroxyl groups excluding tert-OH is 1. The molecule has 0 saturated heterocycles. The number of amides is 1. The van der Waals surface area contributed by atoms with E-state index in [1.54, 1.807) is 12.3 Å². The van der Waals surface area contributed by atoms with E-state index in [1.807, 2.05) is 34.9 Å². The molecule has 3 rings (SSSR count). The van der Waals surface area contributed by atoms with Gasteiger partial charge in [-0.1, -0.05) is 41.9 Å². The summed E-state index contributed by atoms with van der Waals surface area (Å²) < 4.78 is 1.93. The number of rotatable bonds is 5. The van der Waals surface area contributed by atoms with Crippen molar-refractivity contribution >= 4 is 17.5 Å². The second-order valence-electron chi connectivity index (χ2n) is 5.30. The molecule has 1 heterocycles. The van der Waals surface area contributed by atoms with Crippen LogP contribution in [0, 0.1) is 0 Å². The van der Waals surface area contributed by atoms with E-state index in [4.69, 9.17) is 11.6 Å². The second kappa shape index (κ2) is 5.92. The zero-order chi connectivity index (χ0) is 14.8. The minimum atomic E-state index is -0.417. The van der Waals surface area contributed by atoms with E-state index in [-0.39, 0.29) is 12.5 Å². The van der Waals surface area contributed by atoms with Crippen LogP contribution < -0.4 is 5.32 Å². The van der Waals surface area contributed by atoms with Crippen molar-refractivity contribution in [2.45, 2.75) is 24.9 Å². The van der Waals surface area contributed by atoms with Crippen LogP contribution in [0.1, 0.15) is 41.0 Å². The Kier molecular flexibility index (Phi) is 3.99. The summed E-state index contributed by atoms with van der Waals surface area (Å²) in [6.07, 6.45) is 3.95. The van der Waals surface area contributed by atoms with Crippen LogP contribution in [0.2, 0.25) is 5.02 Å². The molecule has 1 aromatic heterocycles. The van der Waals surface area contributed by atoms with Crippen molar-refractivity contribution in [1.29, 1.82) is 0 Å². The van der Waals surface area contributed by atoms with Crippen molar-refractivity contribution < 1.29 is 9.90 Å². The number of benzene rings is 1. The average molecular weight is 305 g/mol. The summed E-state index contributed by atoms with van der Waals surface area (Å²) in [7, 11) is 0. The SMILES string of the molecule is O=C(NC(CO)c1ccccc1)c1cc(Cl)cn1C1CC1. The van der Waals surface area contributed by atoms with Crippen LogP contribution in [0.25, 0.3) is 0 Å². The number of hydrogen-bond donors (Lipinski definition) is 2. The molecule has 0 aliphatic heterocycles. The molecular weight excluding hydrogens is 288 g/mol. The van der Waals surface area contributed by atoms with Gasteiger partial charge in [-0.3, -0.25) is 4.79 Å². The lowest BCUT2D eigenvalue weighted by atomic mass is 10.1. The number of aromatic nitrogens is 1. The minimum Gasteiger partial charge on any atom is -0.394 e. The van der Waals surface area contributed by atoms with E-state index < -0.39 is 6.04 Å². The van der Waals surface area contributed by atoms with Crippen LogP contribution in [0.4, 0.5) is 0 Å². The van der Waals surface area contributed by atoms with E-state index in [1.165, 1.54) is 0 Å². The van der Waals surface area contributed by atoms with Gasteiger partial charge in [0.2, 0.25) is 0 Å². The predicted octanol–water partition coefficient (Wildman–Crippen LogP) is 2.94. The first-order valence-electron chi connectivity index (χ1n) is 7.03. The number of nitrogens with one attached hydrogen (secondary N) is 1. The fraction of sp³-hybridized carbons (Fsp3) is 0.312. The summed E-state index contributed by atoms with van der Waals surface area (Å²) in [6, 6.07) is 11.1. The molecule has 0 spiro atoms. The lowest BCUT2D eigenvalue weighted by Gasteiger charge is -2.17. The molecule has 1 aliphatic carbocycles. The molecule has 1 fully saturated rings. The normalized spacial score (nSPS) is 15.7. The molecule has 1 atom stereocenters. The molecule has 0 bridgehead atoms. The number of halogens is 1. The highest BCUT2D eigenvalue weighted by atomic mass is 35.5. The number of aliphatic hydroxyl groups is 1. The van der Waals surface area contributed by atoms with E-state index in [2.05, 4.69) is 5.32 Å². The van der Waals surface area contributed by atoms with Gasteiger partial charge in [0.1, 0.15) is 5.69 Å². The molecule has 2 N–H and O–H groups in total. The first-order chi connectivity index (χ1) is 10.2.